The van der Waals surface area contributed by atoms with E-state index in [9.17, 15) is 13.2 Å². The Morgan fingerprint density at radius 3 is 2.33 bits per heavy atom. The largest absolute Gasteiger partial charge is 0.355 e. The molecule has 0 atom stereocenters. The maximum absolute atomic E-state index is 12.0. The summed E-state index contributed by atoms with van der Waals surface area (Å²) in [6.45, 7) is 1.50. The molecular weight excluding hydrogens is 350 g/mol. The maximum atomic E-state index is 12.0. The van der Waals surface area contributed by atoms with E-state index in [2.05, 4.69) is 5.32 Å². The quantitative estimate of drug-likeness (QED) is 0.624. The van der Waals surface area contributed by atoms with Crippen molar-refractivity contribution in [2.45, 2.75) is 12.8 Å². The van der Waals surface area contributed by atoms with Crippen molar-refractivity contribution in [2.75, 3.05) is 46.5 Å². The van der Waals surface area contributed by atoms with Crippen molar-refractivity contribution in [2.24, 2.45) is 0 Å². The monoisotopic (exact) mass is 375 g/mol. The fourth-order valence-corrected chi connectivity index (χ4v) is 3.01. The van der Waals surface area contributed by atoms with Gasteiger partial charge in [0.15, 0.2) is 0 Å². The number of nitrogens with zero attached hydrogens (tertiary/aromatic N) is 2. The van der Waals surface area contributed by atoms with Gasteiger partial charge in [0.05, 0.1) is 12.8 Å². The second-order valence-corrected chi connectivity index (χ2v) is 8.40. The minimum atomic E-state index is -3.44. The van der Waals surface area contributed by atoms with Gasteiger partial charge < -0.3 is 10.2 Å². The van der Waals surface area contributed by atoms with E-state index in [1.165, 1.54) is 4.31 Å². The molecule has 1 N–H and O–H groups in total. The molecule has 0 heterocycles. The summed E-state index contributed by atoms with van der Waals surface area (Å²) >= 11 is 5.83. The SMILES string of the molecule is CN(C)CCCNC(=O)CN(CCc1ccc(Cl)cc1)S(C)(=O)=O. The van der Waals surface area contributed by atoms with Crippen LogP contribution >= 0.6 is 11.6 Å². The lowest BCUT2D eigenvalue weighted by molar-refractivity contribution is -0.121. The first-order valence-corrected chi connectivity index (χ1v) is 10.0. The van der Waals surface area contributed by atoms with E-state index in [0.29, 0.717) is 18.0 Å². The molecule has 0 saturated carbocycles. The van der Waals surface area contributed by atoms with E-state index in [1.54, 1.807) is 12.1 Å². The van der Waals surface area contributed by atoms with E-state index in [-0.39, 0.29) is 19.0 Å². The Labute approximate surface area is 149 Å². The third-order valence-electron chi connectivity index (χ3n) is 3.46. The lowest BCUT2D eigenvalue weighted by atomic mass is 10.1. The molecule has 0 spiro atoms. The van der Waals surface area contributed by atoms with Crippen LogP contribution in [0, 0.1) is 0 Å². The highest BCUT2D eigenvalue weighted by Crippen LogP contribution is 2.11. The number of benzene rings is 1. The summed E-state index contributed by atoms with van der Waals surface area (Å²) in [5.41, 5.74) is 0.972. The summed E-state index contributed by atoms with van der Waals surface area (Å²) in [5.74, 6) is -0.282. The van der Waals surface area contributed by atoms with E-state index in [4.69, 9.17) is 11.6 Å². The first-order valence-electron chi connectivity index (χ1n) is 7.79. The van der Waals surface area contributed by atoms with Crippen molar-refractivity contribution in [1.29, 1.82) is 0 Å². The molecule has 8 heteroatoms. The third-order valence-corrected chi connectivity index (χ3v) is 4.96. The second kappa shape index (κ2) is 9.98. The molecule has 0 bridgehead atoms. The average molecular weight is 376 g/mol. The first-order chi connectivity index (χ1) is 11.2. The smallest absolute Gasteiger partial charge is 0.235 e. The maximum Gasteiger partial charge on any atom is 0.235 e. The molecule has 1 rings (SSSR count). The lowest BCUT2D eigenvalue weighted by Crippen LogP contribution is -2.41. The predicted octanol–water partition coefficient (Wildman–Crippen LogP) is 1.21. The fraction of sp³-hybridized carbons (Fsp3) is 0.562. The molecule has 1 aromatic rings. The minimum Gasteiger partial charge on any atom is -0.355 e. The molecular formula is C16H26ClN3O3S. The number of halogens is 1. The Bertz CT molecular complexity index is 618. The van der Waals surface area contributed by atoms with Crippen LogP contribution in [0.4, 0.5) is 0 Å². The normalized spacial score (nSPS) is 11.9. The van der Waals surface area contributed by atoms with Crippen LogP contribution in [0.2, 0.25) is 5.02 Å². The van der Waals surface area contributed by atoms with Gasteiger partial charge in [-0.3, -0.25) is 4.79 Å². The highest BCUT2D eigenvalue weighted by atomic mass is 35.5. The molecule has 0 fully saturated rings. The molecule has 0 aliphatic heterocycles. The van der Waals surface area contributed by atoms with Crippen LogP contribution in [-0.4, -0.2) is 70.1 Å². The molecule has 6 nitrogen and oxygen atoms in total. The molecule has 1 aromatic carbocycles. The Hall–Kier alpha value is -1.15. The number of amides is 1. The van der Waals surface area contributed by atoms with Crippen molar-refractivity contribution in [3.63, 3.8) is 0 Å². The molecule has 24 heavy (non-hydrogen) atoms. The summed E-state index contributed by atoms with van der Waals surface area (Å²) < 4.78 is 25.0. The predicted molar refractivity (Wildman–Crippen MR) is 97.8 cm³/mol. The Kier molecular flexibility index (Phi) is 8.69. The Morgan fingerprint density at radius 1 is 1.17 bits per heavy atom. The number of nitrogens with one attached hydrogen (secondary N) is 1. The lowest BCUT2D eigenvalue weighted by Gasteiger charge is -2.19. The molecule has 0 radical (unpaired) electrons. The molecule has 0 aliphatic carbocycles. The minimum absolute atomic E-state index is 0.158. The number of rotatable bonds is 10. The van der Waals surface area contributed by atoms with Crippen LogP contribution in [0.5, 0.6) is 0 Å². The highest BCUT2D eigenvalue weighted by molar-refractivity contribution is 7.88. The van der Waals surface area contributed by atoms with Crippen LogP contribution in [-0.2, 0) is 21.2 Å². The van der Waals surface area contributed by atoms with Gasteiger partial charge in [-0.1, -0.05) is 23.7 Å². The average Bonchev–Trinajstić information content (AvgIpc) is 2.48. The van der Waals surface area contributed by atoms with Crippen LogP contribution in [0.3, 0.4) is 0 Å². The molecule has 1 amide bonds. The van der Waals surface area contributed by atoms with Crippen LogP contribution in [0.1, 0.15) is 12.0 Å². The van der Waals surface area contributed by atoms with E-state index < -0.39 is 10.0 Å². The number of carbonyl (C=O) groups is 1. The molecule has 0 aliphatic rings. The standard InChI is InChI=1S/C16H26ClN3O3S/c1-19(2)11-4-10-18-16(21)13-20(24(3,22)23)12-9-14-5-7-15(17)8-6-14/h5-8H,4,9-13H2,1-3H3,(H,18,21). The van der Waals surface area contributed by atoms with Gasteiger partial charge in [0.1, 0.15) is 0 Å². The molecule has 0 unspecified atom stereocenters. The fourth-order valence-electron chi connectivity index (χ4n) is 2.11. The topological polar surface area (TPSA) is 69.7 Å². The number of hydrogen-bond acceptors (Lipinski definition) is 4. The van der Waals surface area contributed by atoms with Crippen LogP contribution in [0.25, 0.3) is 0 Å². The number of hydrogen-bond donors (Lipinski definition) is 1. The summed E-state index contributed by atoms with van der Waals surface area (Å²) in [6, 6.07) is 7.23. The second-order valence-electron chi connectivity index (χ2n) is 5.98. The van der Waals surface area contributed by atoms with Gasteiger partial charge in [-0.2, -0.15) is 4.31 Å². The zero-order valence-electron chi connectivity index (χ0n) is 14.5. The van der Waals surface area contributed by atoms with E-state index in [0.717, 1.165) is 24.8 Å². The Morgan fingerprint density at radius 2 is 1.79 bits per heavy atom. The van der Waals surface area contributed by atoms with Gasteiger partial charge >= 0.3 is 0 Å². The highest BCUT2D eigenvalue weighted by Gasteiger charge is 2.19. The van der Waals surface area contributed by atoms with Gasteiger partial charge in [0, 0.05) is 18.1 Å². The van der Waals surface area contributed by atoms with Crippen molar-refractivity contribution in [3.8, 4) is 0 Å². The van der Waals surface area contributed by atoms with Gasteiger partial charge in [-0.15, -0.1) is 0 Å². The van der Waals surface area contributed by atoms with Gasteiger partial charge in [-0.25, -0.2) is 8.42 Å². The zero-order chi connectivity index (χ0) is 18.2. The third kappa shape index (κ3) is 8.63. The van der Waals surface area contributed by atoms with Crippen LogP contribution < -0.4 is 5.32 Å². The molecule has 0 saturated heterocycles. The summed E-state index contributed by atoms with van der Waals surface area (Å²) in [7, 11) is 0.480. The van der Waals surface area contributed by atoms with Crippen molar-refractivity contribution in [1.82, 2.24) is 14.5 Å². The first kappa shape index (κ1) is 20.9. The zero-order valence-corrected chi connectivity index (χ0v) is 16.0. The van der Waals surface area contributed by atoms with Gasteiger partial charge in [0.25, 0.3) is 0 Å². The summed E-state index contributed by atoms with van der Waals surface area (Å²) in [4.78, 5) is 14.0. The van der Waals surface area contributed by atoms with Crippen molar-refractivity contribution in [3.05, 3.63) is 34.9 Å². The summed E-state index contributed by atoms with van der Waals surface area (Å²) in [6.07, 6.45) is 2.47. The number of sulfonamides is 1. The van der Waals surface area contributed by atoms with E-state index in [1.807, 2.05) is 31.1 Å². The number of carbonyl (C=O) groups excluding carboxylic acids is 1. The van der Waals surface area contributed by atoms with Crippen LogP contribution in [0.15, 0.2) is 24.3 Å². The van der Waals surface area contributed by atoms with E-state index >= 15 is 0 Å². The summed E-state index contributed by atoms with van der Waals surface area (Å²) in [5, 5.41) is 3.39. The molecule has 136 valence electrons. The molecule has 0 aromatic heterocycles. The van der Waals surface area contributed by atoms with Crippen molar-refractivity contribution < 1.29 is 13.2 Å². The van der Waals surface area contributed by atoms with Gasteiger partial charge in [0.2, 0.25) is 15.9 Å². The van der Waals surface area contributed by atoms with Gasteiger partial charge in [-0.05, 0) is 51.2 Å². The Balaban J connectivity index is 2.50. The van der Waals surface area contributed by atoms with Crippen molar-refractivity contribution >= 4 is 27.5 Å².